The van der Waals surface area contributed by atoms with Crippen LogP contribution in [-0.4, -0.2) is 357 Å². The number of methoxy groups -OCH3 is 1. The third kappa shape index (κ3) is 29.6. The Hall–Kier alpha value is -12.1. The number of imidazole rings is 2. The van der Waals surface area contributed by atoms with Gasteiger partial charge < -0.3 is 64.2 Å². The van der Waals surface area contributed by atoms with Crippen molar-refractivity contribution in [2.24, 2.45) is 0 Å². The Kier molecular flexibility index (Phi) is 38.3. The number of piperazine rings is 5. The molecule has 3 N–H and O–H groups in total. The Morgan fingerprint density at radius 1 is 0.401 bits per heavy atom. The molecule has 5 aliphatic heterocycles. The molecule has 0 bridgehead atoms. The average Bonchev–Trinajstić information content (AvgIpc) is 1.64. The minimum atomic E-state index is -3.38. The number of aromatic nitrogens is 15. The van der Waals surface area contributed by atoms with E-state index in [2.05, 4.69) is 292 Å². The first kappa shape index (κ1) is 107. The zero-order valence-electron chi connectivity index (χ0n) is 87.3. The zero-order chi connectivity index (χ0) is 101. The fourth-order valence-corrected chi connectivity index (χ4v) is 18.7. The van der Waals surface area contributed by atoms with Crippen molar-refractivity contribution >= 4 is 67.7 Å². The first-order chi connectivity index (χ1) is 68.1. The molecule has 5 saturated heterocycles. The third-order valence-electron chi connectivity index (χ3n) is 27.3. The van der Waals surface area contributed by atoms with E-state index in [4.69, 9.17) is 14.7 Å². The number of aliphatic hydroxyl groups excluding tert-OH is 1. The zero-order valence-corrected chi connectivity index (χ0v) is 88.1. The van der Waals surface area contributed by atoms with Crippen LogP contribution in [0.4, 0.5) is 40.5 Å². The summed E-state index contributed by atoms with van der Waals surface area (Å²) in [7, 11) is 19.4. The highest BCUT2D eigenvalue weighted by molar-refractivity contribution is 7.92. The highest BCUT2D eigenvalue weighted by Crippen LogP contribution is 2.34. The number of sulfonamides is 1. The summed E-state index contributed by atoms with van der Waals surface area (Å²) in [5, 5.41) is 13.1. The van der Waals surface area contributed by atoms with Crippen LogP contribution < -0.4 is 39.3 Å². The van der Waals surface area contributed by atoms with E-state index in [1.54, 1.807) is 31.6 Å². The quantitative estimate of drug-likeness (QED) is 0.0376. The van der Waals surface area contributed by atoms with Crippen LogP contribution in [0.5, 0.6) is 5.75 Å². The molecule has 762 valence electrons. The van der Waals surface area contributed by atoms with E-state index in [1.807, 2.05) is 121 Å². The molecule has 0 saturated carbocycles. The number of pyridine rings is 7. The molecule has 5 atom stereocenters. The summed E-state index contributed by atoms with van der Waals surface area (Å²) in [5.41, 5.74) is 13.5. The van der Waals surface area contributed by atoms with Gasteiger partial charge in [0.25, 0.3) is 0 Å². The molecule has 38 heteroatoms. The van der Waals surface area contributed by atoms with Gasteiger partial charge in [-0.25, -0.2) is 48.3 Å². The normalized spacial score (nSPS) is 16.6. The van der Waals surface area contributed by atoms with E-state index < -0.39 is 10.0 Å². The summed E-state index contributed by atoms with van der Waals surface area (Å²) in [6, 6.07) is 42.4. The molecular formula is C104H150N32O5S. The number of carbonyl (C=O) groups is 1. The highest BCUT2D eigenvalue weighted by atomic mass is 32.2. The number of fused-ring (bicyclic) bond motifs is 2. The van der Waals surface area contributed by atoms with E-state index in [-0.39, 0.29) is 42.7 Å². The second kappa shape index (κ2) is 50.8. The van der Waals surface area contributed by atoms with Crippen molar-refractivity contribution in [3.63, 3.8) is 0 Å². The molecule has 12 aromatic rings. The molecule has 37 nitrogen and oxygen atoms in total. The van der Waals surface area contributed by atoms with Gasteiger partial charge in [0, 0.05) is 238 Å². The van der Waals surface area contributed by atoms with Crippen LogP contribution in [0.2, 0.25) is 0 Å². The SMILES string of the molecule is CC(=O)Nc1cccnc1[C@H](C)N(C)Cc1cc(N2CCN(C)CC2)nc(C)n1.COc1cccnc1[C@H](C)N(C)Cc1cc(N2CCN(C)CC2)nc(C)n1.C[C@@H](c1ccccn1)N(C)Cc1cn2c(N3CCN(C)CC3)cccc2n1.C[C@@H](c1ccccn1)N(C)Cc1nc2cccc(N3CCN(C)CC3)n2c1CO.Cc1nc(CN(C)[C@@H](C)c2ncccc2NS(C)(=O)=O)cc(N2CCN(C)CC2)n1. The molecule has 0 unspecified atom stereocenters. The number of likely N-dealkylation sites (N-methyl/N-ethyl adjacent to an activating group) is 5. The average molecular weight is 1960 g/mol. The molecule has 0 aromatic carbocycles. The van der Waals surface area contributed by atoms with Crippen LogP contribution in [0, 0.1) is 20.8 Å². The lowest BCUT2D eigenvalue weighted by atomic mass is 10.1. The lowest BCUT2D eigenvalue weighted by Crippen LogP contribution is -2.45. The number of nitrogens with one attached hydrogen (secondary N) is 2. The summed E-state index contributed by atoms with van der Waals surface area (Å²) in [6.45, 7) is 41.8. The van der Waals surface area contributed by atoms with Gasteiger partial charge in [0.05, 0.1) is 112 Å². The van der Waals surface area contributed by atoms with Crippen LogP contribution in [0.15, 0.2) is 165 Å². The van der Waals surface area contributed by atoms with Crippen molar-refractivity contribution in [1.29, 1.82) is 0 Å². The molecule has 5 aliphatic rings. The first-order valence-electron chi connectivity index (χ1n) is 49.4. The maximum Gasteiger partial charge on any atom is 0.229 e. The van der Waals surface area contributed by atoms with Crippen LogP contribution in [0.3, 0.4) is 0 Å². The second-order valence-electron chi connectivity index (χ2n) is 38.3. The number of rotatable bonds is 30. The Labute approximate surface area is 840 Å². The van der Waals surface area contributed by atoms with Gasteiger partial charge in [0.2, 0.25) is 15.9 Å². The smallest absolute Gasteiger partial charge is 0.229 e. The van der Waals surface area contributed by atoms with E-state index in [9.17, 15) is 18.3 Å². The van der Waals surface area contributed by atoms with Gasteiger partial charge in [-0.05, 0) is 211 Å². The second-order valence-corrected chi connectivity index (χ2v) is 40.1. The molecule has 0 spiro atoms. The summed E-state index contributed by atoms with van der Waals surface area (Å²) in [6.07, 6.45) is 12.2. The summed E-state index contributed by atoms with van der Waals surface area (Å²) >= 11 is 0. The fraction of sp³-hybridized carbons (Fsp3) is 0.500. The van der Waals surface area contributed by atoms with Crippen molar-refractivity contribution in [2.45, 2.75) is 132 Å². The lowest BCUT2D eigenvalue weighted by molar-refractivity contribution is -0.114. The van der Waals surface area contributed by atoms with Crippen LogP contribution >= 0.6 is 0 Å². The highest BCUT2D eigenvalue weighted by Gasteiger charge is 2.30. The number of nitrogens with zero attached hydrogens (tertiary/aromatic N) is 30. The molecule has 12 aromatic heterocycles. The number of aliphatic hydroxyl groups is 1. The number of anilines is 7. The van der Waals surface area contributed by atoms with Crippen molar-refractivity contribution in [2.75, 3.05) is 249 Å². The number of hydrogen-bond acceptors (Lipinski definition) is 33. The van der Waals surface area contributed by atoms with Gasteiger partial charge in [0.1, 0.15) is 63.6 Å². The number of amides is 1. The van der Waals surface area contributed by atoms with Gasteiger partial charge in [0.15, 0.2) is 0 Å². The van der Waals surface area contributed by atoms with Gasteiger partial charge >= 0.3 is 0 Å². The monoisotopic (exact) mass is 1960 g/mol. The van der Waals surface area contributed by atoms with Crippen molar-refractivity contribution in [1.82, 2.24) is 123 Å². The predicted molar refractivity (Wildman–Crippen MR) is 565 cm³/mol. The minimum Gasteiger partial charge on any atom is -0.495 e. The largest absolute Gasteiger partial charge is 0.495 e. The van der Waals surface area contributed by atoms with E-state index in [0.717, 1.165) is 271 Å². The van der Waals surface area contributed by atoms with Crippen molar-refractivity contribution < 1.29 is 23.1 Å². The number of hydrogen-bond donors (Lipinski definition) is 3. The molecular weight excluding hydrogens is 1810 g/mol. The summed E-state index contributed by atoms with van der Waals surface area (Å²) in [4.78, 5) is 106. The van der Waals surface area contributed by atoms with Gasteiger partial charge in [-0.2, -0.15) is 0 Å². The fourth-order valence-electron chi connectivity index (χ4n) is 18.1. The molecule has 1 amide bonds. The third-order valence-corrected chi connectivity index (χ3v) is 27.9. The predicted octanol–water partition coefficient (Wildman–Crippen LogP) is 10.6. The van der Waals surface area contributed by atoms with Crippen LogP contribution in [0.1, 0.15) is 152 Å². The summed E-state index contributed by atoms with van der Waals surface area (Å²) in [5.74, 6) is 8.40. The van der Waals surface area contributed by atoms with Gasteiger partial charge in [-0.15, -0.1) is 0 Å². The lowest BCUT2D eigenvalue weighted by Gasteiger charge is -2.34. The Morgan fingerprint density at radius 2 is 0.768 bits per heavy atom. The Balaban J connectivity index is 0.000000149. The number of carbonyl (C=O) groups excluding carboxylic acids is 1. The Bertz CT molecular complexity index is 6120. The summed E-state index contributed by atoms with van der Waals surface area (Å²) < 4.78 is 35.8. The van der Waals surface area contributed by atoms with Gasteiger partial charge in [-0.1, -0.05) is 24.3 Å². The Morgan fingerprint density at radius 3 is 1.18 bits per heavy atom. The molecule has 142 heavy (non-hydrogen) atoms. The number of ether oxygens (including phenoxy) is 1. The van der Waals surface area contributed by atoms with Crippen LogP contribution in [-0.2, 0) is 54.1 Å². The maximum atomic E-state index is 11.7. The maximum absolute atomic E-state index is 11.7. The minimum absolute atomic E-state index is 0.0143. The van der Waals surface area contributed by atoms with E-state index in [1.165, 1.54) is 12.7 Å². The molecule has 0 aliphatic carbocycles. The molecule has 5 fully saturated rings. The molecule has 17 rings (SSSR count). The molecule has 17 heterocycles. The number of aryl methyl sites for hydroxylation is 3. The first-order valence-corrected chi connectivity index (χ1v) is 51.3. The molecule has 0 radical (unpaired) electrons. The standard InChI is InChI=1S/C22H30N6O.C21H31N7O.C21H28N6.C20H31N7O2S.C20H30N6O/c1-17(18-7-4-5-10-23-18)26(3)15-19-20(16-29)28-21(24-19)8-6-9-22(28)27-13-11-25(2)12-14-27;1-15(21-19(25-17(3)29)7-6-8-22-21)27(5)14-18-13-20(24-16(2)23-18)28-11-9-26(4)10-12-28;1-17(19-7-4-5-10-22-19)25(3)15-18-16-27-20(23-18)8-6-9-21(27)26-13-11-24(2)12-14-26;1-15(20-18(7-6-8-21-20)24-30(5,28)29)26(4)14-17-13-19(23-16(2)22-17)27-11-9-25(3)10-12-27;1-15(20-18(27-5)7-6-8-21-20)25(4)14-17-13-19(23-16(2)22-17)26-11-9-24(3)10-12-26/h4-10,17,29H,11-16H2,1-3H3;6-8,13,15H,9-12,14H2,1-5H3,(H,25,29);4-10,16-17H,11-15H2,1-3H3;6-8,13,15,24H,9-12,14H2,1-5H3;6-8,13,15H,9-12,14H2,1-5H3/t17-;15-;17-;2*15-/m00000/s1. The van der Waals surface area contributed by atoms with E-state index >= 15 is 0 Å². The van der Waals surface area contributed by atoms with Gasteiger partial charge in [-0.3, -0.25) is 67.7 Å². The van der Waals surface area contributed by atoms with Crippen molar-refractivity contribution in [3.8, 4) is 5.75 Å². The van der Waals surface area contributed by atoms with E-state index in [0.29, 0.717) is 31.0 Å². The topological polar surface area (TPSA) is 330 Å². The van der Waals surface area contributed by atoms with Crippen molar-refractivity contribution in [3.05, 3.63) is 245 Å². The van der Waals surface area contributed by atoms with Crippen LogP contribution in [0.25, 0.3) is 11.3 Å².